The van der Waals surface area contributed by atoms with Crippen LogP contribution >= 0.6 is 0 Å². The number of para-hydroxylation sites is 1. The van der Waals surface area contributed by atoms with Crippen molar-refractivity contribution in [3.63, 3.8) is 0 Å². The molecule has 176 valence electrons. The number of carbonyl (C=O) groups is 1. The molecular weight excluding hydrogens is 438 g/mol. The molecule has 2 aliphatic heterocycles. The summed E-state index contributed by atoms with van der Waals surface area (Å²) in [6.45, 7) is 4.89. The Balaban J connectivity index is 1.34. The molecule has 0 bridgehead atoms. The van der Waals surface area contributed by atoms with Crippen LogP contribution in [0.5, 0.6) is 11.5 Å². The van der Waals surface area contributed by atoms with Gasteiger partial charge >= 0.3 is 0 Å². The molecule has 6 rings (SSSR count). The molecule has 0 saturated carbocycles. The van der Waals surface area contributed by atoms with Crippen LogP contribution in [0.15, 0.2) is 78.7 Å². The van der Waals surface area contributed by atoms with E-state index in [1.54, 1.807) is 0 Å². The number of hydrogen-bond acceptors (Lipinski definition) is 5. The first-order chi connectivity index (χ1) is 17.3. The number of ether oxygens (including phenoxy) is 2. The first-order valence-corrected chi connectivity index (χ1v) is 12.0. The Labute approximate surface area is 204 Å². The number of nitrogens with one attached hydrogen (secondary N) is 2. The maximum Gasteiger partial charge on any atom is 0.231 e. The topological polar surface area (TPSA) is 66.6 Å². The zero-order chi connectivity index (χ0) is 23.6. The number of allylic oxidation sites excluding steroid dienone is 1. The molecule has 3 aromatic carbocycles. The second kappa shape index (κ2) is 9.41. The Hall–Kier alpha value is -3.87. The molecule has 35 heavy (non-hydrogen) atoms. The van der Waals surface area contributed by atoms with Gasteiger partial charge in [0.15, 0.2) is 5.76 Å². The lowest BCUT2D eigenvalue weighted by Crippen LogP contribution is -2.43. The Bertz CT molecular complexity index is 1400. The summed E-state index contributed by atoms with van der Waals surface area (Å²) in [4.78, 5) is 19.0. The second-order valence-corrected chi connectivity index (χ2v) is 8.95. The van der Waals surface area contributed by atoms with E-state index in [2.05, 4.69) is 15.2 Å². The number of Topliss-reactive ketones (excluding diaryl/α,β-unsaturated/α-hetero) is 1. The maximum absolute atomic E-state index is 13.3. The summed E-state index contributed by atoms with van der Waals surface area (Å²) in [6.07, 6.45) is 3.74. The predicted octanol–water partition coefficient (Wildman–Crippen LogP) is 4.77. The number of aromatic nitrogens is 1. The van der Waals surface area contributed by atoms with E-state index in [1.165, 1.54) is 0 Å². The van der Waals surface area contributed by atoms with Crippen LogP contribution in [0.3, 0.4) is 0 Å². The van der Waals surface area contributed by atoms with Gasteiger partial charge in [0.05, 0.1) is 11.1 Å². The van der Waals surface area contributed by atoms with E-state index >= 15 is 0 Å². The number of carbonyl (C=O) groups excluding carboxylic acids is 1. The molecule has 0 spiro atoms. The molecular formula is C29H27N3O3. The van der Waals surface area contributed by atoms with Gasteiger partial charge in [-0.3, -0.25) is 9.69 Å². The SMILES string of the molecule is O=C1/C(=C/c2c[nH]c3ccccc23)Oc2c1ccc(OCc1ccccc1)c2CN1CCNCC1. The highest BCUT2D eigenvalue weighted by Crippen LogP contribution is 2.41. The molecule has 4 aromatic rings. The highest BCUT2D eigenvalue weighted by molar-refractivity contribution is 6.15. The molecule has 1 aromatic heterocycles. The van der Waals surface area contributed by atoms with Gasteiger partial charge in [-0.15, -0.1) is 0 Å². The molecule has 1 saturated heterocycles. The minimum absolute atomic E-state index is 0.0959. The highest BCUT2D eigenvalue weighted by atomic mass is 16.5. The van der Waals surface area contributed by atoms with Crippen molar-refractivity contribution >= 4 is 22.8 Å². The Morgan fingerprint density at radius 3 is 2.63 bits per heavy atom. The third-order valence-corrected chi connectivity index (χ3v) is 6.63. The van der Waals surface area contributed by atoms with Gasteiger partial charge in [0.2, 0.25) is 5.78 Å². The van der Waals surface area contributed by atoms with Gasteiger partial charge < -0.3 is 19.8 Å². The molecule has 2 N–H and O–H groups in total. The van der Waals surface area contributed by atoms with Crippen molar-refractivity contribution in [2.24, 2.45) is 0 Å². The molecule has 1 fully saturated rings. The van der Waals surface area contributed by atoms with Crippen molar-refractivity contribution in [1.29, 1.82) is 0 Å². The first-order valence-electron chi connectivity index (χ1n) is 12.0. The predicted molar refractivity (Wildman–Crippen MR) is 137 cm³/mol. The third kappa shape index (κ3) is 4.34. The fourth-order valence-electron chi connectivity index (χ4n) is 4.76. The van der Waals surface area contributed by atoms with Crippen LogP contribution in [0.25, 0.3) is 17.0 Å². The summed E-state index contributed by atoms with van der Waals surface area (Å²) in [5.74, 6) is 1.62. The lowest BCUT2D eigenvalue weighted by molar-refractivity contribution is 0.101. The van der Waals surface area contributed by atoms with Gasteiger partial charge in [0.1, 0.15) is 18.1 Å². The van der Waals surface area contributed by atoms with Crippen molar-refractivity contribution in [2.75, 3.05) is 26.2 Å². The fourth-order valence-corrected chi connectivity index (χ4v) is 4.76. The van der Waals surface area contributed by atoms with Crippen molar-refractivity contribution < 1.29 is 14.3 Å². The Kier molecular flexibility index (Phi) is 5.82. The van der Waals surface area contributed by atoms with E-state index in [1.807, 2.05) is 79.0 Å². The standard InChI is InChI=1S/C29H27N3O3/c33-28-23-10-11-26(34-19-20-6-2-1-3-7-20)24(18-32-14-12-30-13-15-32)29(23)35-27(28)16-21-17-31-25-9-5-4-8-22(21)25/h1-11,16-17,30-31H,12-15,18-19H2/b27-16-. The number of fused-ring (bicyclic) bond motifs is 2. The largest absolute Gasteiger partial charge is 0.488 e. The van der Waals surface area contributed by atoms with Gasteiger partial charge in [-0.2, -0.15) is 0 Å². The summed E-state index contributed by atoms with van der Waals surface area (Å²) in [7, 11) is 0. The van der Waals surface area contributed by atoms with Crippen LogP contribution in [0.4, 0.5) is 0 Å². The van der Waals surface area contributed by atoms with Crippen molar-refractivity contribution in [3.05, 3.63) is 101 Å². The highest BCUT2D eigenvalue weighted by Gasteiger charge is 2.32. The van der Waals surface area contributed by atoms with Gasteiger partial charge in [0, 0.05) is 55.4 Å². The minimum Gasteiger partial charge on any atom is -0.488 e. The number of nitrogens with zero attached hydrogens (tertiary/aromatic N) is 1. The van der Waals surface area contributed by atoms with Crippen molar-refractivity contribution in [1.82, 2.24) is 15.2 Å². The van der Waals surface area contributed by atoms with E-state index < -0.39 is 0 Å². The van der Waals surface area contributed by atoms with Crippen molar-refractivity contribution in [3.8, 4) is 11.5 Å². The number of rotatable bonds is 6. The quantitative estimate of drug-likeness (QED) is 0.402. The molecule has 0 atom stereocenters. The number of hydrogen-bond donors (Lipinski definition) is 2. The van der Waals surface area contributed by atoms with Crippen LogP contribution in [0.1, 0.15) is 27.0 Å². The number of H-pyrrole nitrogens is 1. The molecule has 0 unspecified atom stereocenters. The summed E-state index contributed by atoms with van der Waals surface area (Å²) in [5.41, 5.74) is 4.57. The van der Waals surface area contributed by atoms with Crippen LogP contribution in [0, 0.1) is 0 Å². The number of ketones is 1. The molecule has 3 heterocycles. The average Bonchev–Trinajstić information content (AvgIpc) is 3.46. The van der Waals surface area contributed by atoms with Gasteiger partial charge in [-0.25, -0.2) is 0 Å². The zero-order valence-electron chi connectivity index (χ0n) is 19.4. The third-order valence-electron chi connectivity index (χ3n) is 6.63. The Morgan fingerprint density at radius 1 is 0.971 bits per heavy atom. The van der Waals surface area contributed by atoms with Crippen LogP contribution < -0.4 is 14.8 Å². The van der Waals surface area contributed by atoms with E-state index in [9.17, 15) is 4.79 Å². The molecule has 2 aliphatic rings. The van der Waals surface area contributed by atoms with Crippen LogP contribution in [-0.2, 0) is 13.2 Å². The summed E-state index contributed by atoms with van der Waals surface area (Å²) in [6, 6.07) is 21.9. The monoisotopic (exact) mass is 465 g/mol. The van der Waals surface area contributed by atoms with Gasteiger partial charge in [-0.05, 0) is 29.8 Å². The molecule has 6 nitrogen and oxygen atoms in total. The first kappa shape index (κ1) is 21.6. The molecule has 0 radical (unpaired) electrons. The molecule has 6 heteroatoms. The lowest BCUT2D eigenvalue weighted by Gasteiger charge is -2.28. The summed E-state index contributed by atoms with van der Waals surface area (Å²) >= 11 is 0. The smallest absolute Gasteiger partial charge is 0.231 e. The van der Waals surface area contributed by atoms with Gasteiger partial charge in [0.25, 0.3) is 0 Å². The molecule has 0 aliphatic carbocycles. The van der Waals surface area contributed by atoms with E-state index in [-0.39, 0.29) is 5.78 Å². The zero-order valence-corrected chi connectivity index (χ0v) is 19.4. The lowest BCUT2D eigenvalue weighted by atomic mass is 10.0. The number of piperazine rings is 1. The second-order valence-electron chi connectivity index (χ2n) is 8.95. The van der Waals surface area contributed by atoms with Crippen LogP contribution in [-0.4, -0.2) is 41.8 Å². The molecule has 0 amide bonds. The van der Waals surface area contributed by atoms with E-state index in [0.717, 1.165) is 59.5 Å². The maximum atomic E-state index is 13.3. The summed E-state index contributed by atoms with van der Waals surface area (Å²) in [5, 5.41) is 4.45. The van der Waals surface area contributed by atoms with Gasteiger partial charge in [-0.1, -0.05) is 48.5 Å². The fraction of sp³-hybridized carbons (Fsp3) is 0.207. The normalized spacial score (nSPS) is 17.0. The van der Waals surface area contributed by atoms with E-state index in [4.69, 9.17) is 9.47 Å². The minimum atomic E-state index is -0.0959. The Morgan fingerprint density at radius 2 is 1.77 bits per heavy atom. The van der Waals surface area contributed by atoms with Crippen LogP contribution in [0.2, 0.25) is 0 Å². The number of benzene rings is 3. The van der Waals surface area contributed by atoms with Crippen molar-refractivity contribution in [2.45, 2.75) is 13.2 Å². The number of aromatic amines is 1. The summed E-state index contributed by atoms with van der Waals surface area (Å²) < 4.78 is 12.5. The van der Waals surface area contributed by atoms with E-state index in [0.29, 0.717) is 30.2 Å². The average molecular weight is 466 g/mol.